The first kappa shape index (κ1) is 12.7. The van der Waals surface area contributed by atoms with Crippen molar-refractivity contribution in [2.24, 2.45) is 0 Å². The summed E-state index contributed by atoms with van der Waals surface area (Å²) in [6.45, 7) is 5.51. The Labute approximate surface area is 104 Å². The van der Waals surface area contributed by atoms with Crippen LogP contribution in [0.1, 0.15) is 5.69 Å². The average molecular weight is 287 g/mol. The van der Waals surface area contributed by atoms with Crippen LogP contribution in [0.3, 0.4) is 0 Å². The van der Waals surface area contributed by atoms with Crippen molar-refractivity contribution in [2.75, 3.05) is 18.1 Å². The molecule has 4 heteroatoms. The number of nitrogens with zero attached hydrogens (tertiary/aromatic N) is 1. The Morgan fingerprint density at radius 3 is 3.13 bits per heavy atom. The zero-order valence-electron chi connectivity index (χ0n) is 8.58. The second-order valence-electron chi connectivity index (χ2n) is 2.99. The molecule has 0 atom stereocenters. The van der Waals surface area contributed by atoms with E-state index in [2.05, 4.69) is 32.8 Å². The lowest BCUT2D eigenvalue weighted by molar-refractivity contribution is 0.714. The Morgan fingerprint density at radius 1 is 1.53 bits per heavy atom. The Morgan fingerprint density at radius 2 is 2.40 bits per heavy atom. The lowest BCUT2D eigenvalue weighted by atomic mass is 10.3. The van der Waals surface area contributed by atoms with Crippen LogP contribution in [0.2, 0.25) is 0 Å². The summed E-state index contributed by atoms with van der Waals surface area (Å²) in [4.78, 5) is 4.34. The summed E-state index contributed by atoms with van der Waals surface area (Å²) in [5.74, 6) is 2.14. The molecule has 1 aromatic heterocycles. The molecule has 0 fully saturated rings. The van der Waals surface area contributed by atoms with Gasteiger partial charge in [0.1, 0.15) is 4.60 Å². The van der Waals surface area contributed by atoms with E-state index in [1.54, 1.807) is 0 Å². The van der Waals surface area contributed by atoms with Crippen LogP contribution in [0.25, 0.3) is 0 Å². The van der Waals surface area contributed by atoms with Crippen molar-refractivity contribution < 1.29 is 0 Å². The normalized spacial score (nSPS) is 10.2. The topological polar surface area (TPSA) is 24.9 Å². The molecule has 0 radical (unpaired) electrons. The highest BCUT2D eigenvalue weighted by Gasteiger charge is 1.94. The van der Waals surface area contributed by atoms with Gasteiger partial charge in [-0.05, 0) is 28.1 Å². The zero-order valence-corrected chi connectivity index (χ0v) is 11.0. The fourth-order valence-corrected chi connectivity index (χ4v) is 2.08. The number of hydrogen-bond donors (Lipinski definition) is 1. The van der Waals surface area contributed by atoms with Crippen molar-refractivity contribution in [3.05, 3.63) is 41.2 Å². The van der Waals surface area contributed by atoms with Gasteiger partial charge in [0.2, 0.25) is 0 Å². The third-order valence-electron chi connectivity index (χ3n) is 1.74. The van der Waals surface area contributed by atoms with Gasteiger partial charge < -0.3 is 5.32 Å². The maximum atomic E-state index is 4.34. The monoisotopic (exact) mass is 286 g/mol. The molecule has 0 aromatic carbocycles. The van der Waals surface area contributed by atoms with E-state index in [4.69, 9.17) is 0 Å². The summed E-state index contributed by atoms with van der Waals surface area (Å²) in [5, 5.41) is 3.35. The maximum Gasteiger partial charge on any atom is 0.106 e. The number of halogens is 1. The van der Waals surface area contributed by atoms with Crippen LogP contribution >= 0.6 is 27.7 Å². The predicted molar refractivity (Wildman–Crippen MR) is 71.2 cm³/mol. The van der Waals surface area contributed by atoms with Crippen molar-refractivity contribution >= 4 is 27.7 Å². The lowest BCUT2D eigenvalue weighted by Crippen LogP contribution is -2.17. The minimum Gasteiger partial charge on any atom is -0.310 e. The molecule has 0 saturated heterocycles. The van der Waals surface area contributed by atoms with Crippen LogP contribution in [0.5, 0.6) is 0 Å². The molecule has 0 aliphatic carbocycles. The fourth-order valence-electron chi connectivity index (χ4n) is 1.08. The van der Waals surface area contributed by atoms with Gasteiger partial charge in [-0.25, -0.2) is 4.98 Å². The van der Waals surface area contributed by atoms with Gasteiger partial charge in [0.15, 0.2) is 0 Å². The van der Waals surface area contributed by atoms with Crippen molar-refractivity contribution in [3.8, 4) is 0 Å². The molecule has 0 bridgehead atoms. The third kappa shape index (κ3) is 5.97. The van der Waals surface area contributed by atoms with Gasteiger partial charge in [0, 0.05) is 24.6 Å². The van der Waals surface area contributed by atoms with Crippen LogP contribution in [-0.2, 0) is 6.54 Å². The van der Waals surface area contributed by atoms with Crippen LogP contribution in [0.15, 0.2) is 35.5 Å². The van der Waals surface area contributed by atoms with Gasteiger partial charge in [-0.15, -0.1) is 6.58 Å². The first-order valence-corrected chi connectivity index (χ1v) is 6.78. The molecule has 82 valence electrons. The third-order valence-corrected chi connectivity index (χ3v) is 3.14. The lowest BCUT2D eigenvalue weighted by Gasteiger charge is -2.03. The molecular weight excluding hydrogens is 272 g/mol. The van der Waals surface area contributed by atoms with Crippen molar-refractivity contribution in [1.29, 1.82) is 0 Å². The number of nitrogens with one attached hydrogen (secondary N) is 1. The highest BCUT2D eigenvalue weighted by Crippen LogP contribution is 2.05. The summed E-state index contributed by atoms with van der Waals surface area (Å²) in [7, 11) is 0. The average Bonchev–Trinajstić information content (AvgIpc) is 2.23. The molecule has 0 unspecified atom stereocenters. The van der Waals surface area contributed by atoms with Crippen LogP contribution in [0.4, 0.5) is 0 Å². The molecule has 0 amide bonds. The van der Waals surface area contributed by atoms with E-state index in [1.807, 2.05) is 36.0 Å². The van der Waals surface area contributed by atoms with Crippen molar-refractivity contribution in [2.45, 2.75) is 6.54 Å². The molecule has 0 spiro atoms. The SMILES string of the molecule is C=CCSCCNCc1cccc(Br)n1. The highest BCUT2D eigenvalue weighted by molar-refractivity contribution is 9.10. The Kier molecular flexibility index (Phi) is 6.72. The van der Waals surface area contributed by atoms with Crippen LogP contribution in [-0.4, -0.2) is 23.0 Å². The predicted octanol–water partition coefficient (Wildman–Crippen LogP) is 2.85. The number of rotatable bonds is 7. The largest absolute Gasteiger partial charge is 0.310 e. The molecule has 15 heavy (non-hydrogen) atoms. The Balaban J connectivity index is 2.12. The quantitative estimate of drug-likeness (QED) is 0.474. The highest BCUT2D eigenvalue weighted by atomic mass is 79.9. The van der Waals surface area contributed by atoms with Crippen molar-refractivity contribution in [3.63, 3.8) is 0 Å². The van der Waals surface area contributed by atoms with Gasteiger partial charge in [-0.3, -0.25) is 0 Å². The first-order valence-electron chi connectivity index (χ1n) is 4.83. The van der Waals surface area contributed by atoms with Gasteiger partial charge in [-0.2, -0.15) is 11.8 Å². The summed E-state index contributed by atoms with van der Waals surface area (Å²) < 4.78 is 0.892. The smallest absolute Gasteiger partial charge is 0.106 e. The summed E-state index contributed by atoms with van der Waals surface area (Å²) in [6, 6.07) is 5.96. The van der Waals surface area contributed by atoms with Gasteiger partial charge >= 0.3 is 0 Å². The molecular formula is C11H15BrN2S. The second kappa shape index (κ2) is 7.91. The van der Waals surface area contributed by atoms with E-state index in [1.165, 1.54) is 0 Å². The van der Waals surface area contributed by atoms with E-state index in [0.717, 1.165) is 34.9 Å². The second-order valence-corrected chi connectivity index (χ2v) is 4.95. The van der Waals surface area contributed by atoms with Crippen LogP contribution < -0.4 is 5.32 Å². The van der Waals surface area contributed by atoms with Crippen molar-refractivity contribution in [1.82, 2.24) is 10.3 Å². The Hall–Kier alpha value is -0.320. The van der Waals surface area contributed by atoms with E-state index in [0.29, 0.717) is 0 Å². The molecule has 0 aliphatic rings. The molecule has 1 aromatic rings. The first-order chi connectivity index (χ1) is 7.33. The molecule has 0 aliphatic heterocycles. The minimum absolute atomic E-state index is 0.827. The van der Waals surface area contributed by atoms with E-state index in [9.17, 15) is 0 Å². The number of aromatic nitrogens is 1. The van der Waals surface area contributed by atoms with Crippen LogP contribution in [0, 0.1) is 0 Å². The molecule has 1 heterocycles. The van der Waals surface area contributed by atoms with Gasteiger partial charge in [0.05, 0.1) is 5.69 Å². The summed E-state index contributed by atoms with van der Waals surface area (Å²) in [6.07, 6.45) is 1.93. The minimum atomic E-state index is 0.827. The van der Waals surface area contributed by atoms with Gasteiger partial charge in [-0.1, -0.05) is 12.1 Å². The Bertz CT molecular complexity index is 304. The molecule has 0 saturated carbocycles. The maximum absolute atomic E-state index is 4.34. The number of pyridine rings is 1. The van der Waals surface area contributed by atoms with Gasteiger partial charge in [0.25, 0.3) is 0 Å². The summed E-state index contributed by atoms with van der Waals surface area (Å²) in [5.41, 5.74) is 1.07. The number of hydrogen-bond acceptors (Lipinski definition) is 3. The molecule has 1 N–H and O–H groups in total. The fraction of sp³-hybridized carbons (Fsp3) is 0.364. The number of thioether (sulfide) groups is 1. The summed E-state index contributed by atoms with van der Waals surface area (Å²) >= 11 is 5.23. The molecule has 2 nitrogen and oxygen atoms in total. The van der Waals surface area contributed by atoms with E-state index in [-0.39, 0.29) is 0 Å². The van der Waals surface area contributed by atoms with E-state index < -0.39 is 0 Å². The molecule has 1 rings (SSSR count). The zero-order chi connectivity index (χ0) is 10.9. The van der Waals surface area contributed by atoms with E-state index >= 15 is 0 Å². The standard InChI is InChI=1S/C11H15BrN2S/c1-2-7-15-8-6-13-9-10-4-3-5-11(12)14-10/h2-5,13H,1,6-9H2.